The van der Waals surface area contributed by atoms with Crippen molar-refractivity contribution >= 4 is 15.8 Å². The molecule has 174 valence electrons. The summed E-state index contributed by atoms with van der Waals surface area (Å²) < 4.78 is 0. The molecule has 30 heavy (non-hydrogen) atoms. The Labute approximate surface area is 192 Å². The van der Waals surface area contributed by atoms with Crippen LogP contribution >= 0.6 is 15.8 Å². The lowest BCUT2D eigenvalue weighted by atomic mass is 9.99. The van der Waals surface area contributed by atoms with Gasteiger partial charge in [-0.15, -0.1) is 7.92 Å². The number of hydrogen-bond donors (Lipinski definition) is 0. The Morgan fingerprint density at radius 2 is 0.833 bits per heavy atom. The maximum absolute atomic E-state index is 2.75. The van der Waals surface area contributed by atoms with Crippen molar-refractivity contribution in [3.8, 4) is 0 Å². The molecule has 0 heterocycles. The SMILES string of the molecule is CC(CCP(C1CCCCC1)C1CCCCC1)P(C1CCCCC1)C1CCCCC1. The molecular formula is C28H52P2. The minimum Gasteiger partial charge on any atom is -0.100 e. The van der Waals surface area contributed by atoms with Crippen LogP contribution in [0.3, 0.4) is 0 Å². The van der Waals surface area contributed by atoms with Crippen molar-refractivity contribution in [2.75, 3.05) is 6.16 Å². The number of hydrogen-bond acceptors (Lipinski definition) is 0. The summed E-state index contributed by atoms with van der Waals surface area (Å²) in [6.07, 6.45) is 34.7. The van der Waals surface area contributed by atoms with E-state index in [0.29, 0.717) is 7.92 Å². The highest BCUT2D eigenvalue weighted by molar-refractivity contribution is 7.60. The second kappa shape index (κ2) is 12.9. The maximum atomic E-state index is 2.75. The van der Waals surface area contributed by atoms with Gasteiger partial charge in [-0.2, -0.15) is 0 Å². The molecule has 4 saturated carbocycles. The van der Waals surface area contributed by atoms with Gasteiger partial charge in [0.25, 0.3) is 0 Å². The topological polar surface area (TPSA) is 0 Å². The molecule has 4 aliphatic carbocycles. The van der Waals surface area contributed by atoms with Crippen molar-refractivity contribution in [1.29, 1.82) is 0 Å². The Morgan fingerprint density at radius 1 is 0.500 bits per heavy atom. The average Bonchev–Trinajstić information content (AvgIpc) is 2.82. The van der Waals surface area contributed by atoms with Gasteiger partial charge in [0.05, 0.1) is 0 Å². The zero-order valence-electron chi connectivity index (χ0n) is 20.3. The molecule has 2 heteroatoms. The van der Waals surface area contributed by atoms with E-state index in [1.165, 1.54) is 37.0 Å². The van der Waals surface area contributed by atoms with Gasteiger partial charge in [-0.3, -0.25) is 0 Å². The molecular weight excluding hydrogens is 398 g/mol. The van der Waals surface area contributed by atoms with Crippen LogP contribution in [-0.2, 0) is 0 Å². The van der Waals surface area contributed by atoms with Crippen molar-refractivity contribution < 1.29 is 0 Å². The molecule has 4 rings (SSSR count). The predicted octanol–water partition coefficient (Wildman–Crippen LogP) is 10.1. The molecule has 4 aliphatic rings. The number of rotatable bonds is 8. The average molecular weight is 451 g/mol. The van der Waals surface area contributed by atoms with Gasteiger partial charge in [0.15, 0.2) is 0 Å². The Bertz CT molecular complexity index is 417. The van der Waals surface area contributed by atoms with Gasteiger partial charge in [-0.25, -0.2) is 0 Å². The molecule has 0 spiro atoms. The quantitative estimate of drug-likeness (QED) is 0.323. The molecule has 0 amide bonds. The van der Waals surface area contributed by atoms with E-state index in [4.69, 9.17) is 0 Å². The Balaban J connectivity index is 1.40. The molecule has 0 radical (unpaired) electrons. The van der Waals surface area contributed by atoms with Crippen molar-refractivity contribution in [1.82, 2.24) is 0 Å². The smallest absolute Gasteiger partial charge is 0.0204 e. The third kappa shape index (κ3) is 6.69. The monoisotopic (exact) mass is 450 g/mol. The minimum atomic E-state index is 0.287. The standard InChI is InChI=1S/C28H52P2/c1-24(30(27-18-10-4-11-19-27)28-20-12-5-13-21-28)22-23-29(25-14-6-2-7-15-25)26-16-8-3-9-17-26/h24-28H,2-23H2,1H3. The lowest BCUT2D eigenvalue weighted by Gasteiger charge is -2.43. The fraction of sp³-hybridized carbons (Fsp3) is 1.00. The van der Waals surface area contributed by atoms with Crippen LogP contribution in [0.2, 0.25) is 0 Å². The molecule has 0 aromatic rings. The summed E-state index contributed by atoms with van der Waals surface area (Å²) in [5, 5.41) is 0. The van der Waals surface area contributed by atoms with Crippen molar-refractivity contribution in [3.63, 3.8) is 0 Å². The molecule has 0 bridgehead atoms. The van der Waals surface area contributed by atoms with Crippen molar-refractivity contribution in [2.45, 2.75) is 170 Å². The summed E-state index contributed by atoms with van der Waals surface area (Å²) in [5.41, 5.74) is 5.72. The van der Waals surface area contributed by atoms with Gasteiger partial charge in [0, 0.05) is 0 Å². The predicted molar refractivity (Wildman–Crippen MR) is 140 cm³/mol. The summed E-state index contributed by atoms with van der Waals surface area (Å²) in [6.45, 7) is 2.75. The second-order valence-corrected chi connectivity index (χ2v) is 17.7. The minimum absolute atomic E-state index is 0.287. The largest absolute Gasteiger partial charge is 0.100 e. The van der Waals surface area contributed by atoms with Crippen LogP contribution in [0.25, 0.3) is 0 Å². The summed E-state index contributed by atoms with van der Waals surface area (Å²) in [4.78, 5) is 0. The van der Waals surface area contributed by atoms with Crippen LogP contribution < -0.4 is 0 Å². The zero-order valence-corrected chi connectivity index (χ0v) is 22.1. The summed E-state index contributed by atoms with van der Waals surface area (Å²) >= 11 is 0. The van der Waals surface area contributed by atoms with Gasteiger partial charge < -0.3 is 0 Å². The first-order valence-corrected chi connectivity index (χ1v) is 17.6. The molecule has 0 aromatic carbocycles. The molecule has 1 atom stereocenters. The molecule has 1 unspecified atom stereocenters. The van der Waals surface area contributed by atoms with Gasteiger partial charge in [-0.1, -0.05) is 91.9 Å². The van der Waals surface area contributed by atoms with Gasteiger partial charge in [-0.05, 0) is 92.2 Å². The van der Waals surface area contributed by atoms with Gasteiger partial charge >= 0.3 is 0 Å². The molecule has 0 aliphatic heterocycles. The lowest BCUT2D eigenvalue weighted by Crippen LogP contribution is -2.27. The third-order valence-electron chi connectivity index (χ3n) is 9.39. The van der Waals surface area contributed by atoms with Gasteiger partial charge in [0.2, 0.25) is 0 Å². The fourth-order valence-corrected chi connectivity index (χ4v) is 16.4. The Hall–Kier alpha value is 0.860. The van der Waals surface area contributed by atoms with E-state index in [1.54, 1.807) is 115 Å². The van der Waals surface area contributed by atoms with Crippen LogP contribution in [0.15, 0.2) is 0 Å². The molecule has 0 aromatic heterocycles. The molecule has 0 saturated heterocycles. The van der Waals surface area contributed by atoms with E-state index in [-0.39, 0.29) is 7.92 Å². The summed E-state index contributed by atoms with van der Waals surface area (Å²) in [7, 11) is 0.608. The first-order valence-electron chi connectivity index (χ1n) is 14.4. The van der Waals surface area contributed by atoms with E-state index in [0.717, 1.165) is 17.0 Å². The van der Waals surface area contributed by atoms with Crippen LogP contribution in [-0.4, -0.2) is 34.5 Å². The van der Waals surface area contributed by atoms with E-state index >= 15 is 0 Å². The van der Waals surface area contributed by atoms with Crippen molar-refractivity contribution in [2.24, 2.45) is 0 Å². The van der Waals surface area contributed by atoms with Crippen LogP contribution in [0.1, 0.15) is 142 Å². The summed E-state index contributed by atoms with van der Waals surface area (Å²) in [5.74, 6) is 0. The first kappa shape index (κ1) is 24.0. The first-order chi connectivity index (χ1) is 14.8. The molecule has 0 nitrogen and oxygen atoms in total. The van der Waals surface area contributed by atoms with Crippen LogP contribution in [0.4, 0.5) is 0 Å². The lowest BCUT2D eigenvalue weighted by molar-refractivity contribution is 0.479. The Morgan fingerprint density at radius 3 is 1.20 bits per heavy atom. The fourth-order valence-electron chi connectivity index (χ4n) is 7.75. The molecule has 0 N–H and O–H groups in total. The highest BCUT2D eigenvalue weighted by Gasteiger charge is 2.36. The van der Waals surface area contributed by atoms with Crippen molar-refractivity contribution in [3.05, 3.63) is 0 Å². The third-order valence-corrected chi connectivity index (χ3v) is 17.1. The Kier molecular flexibility index (Phi) is 10.3. The van der Waals surface area contributed by atoms with E-state index in [1.807, 2.05) is 0 Å². The maximum Gasteiger partial charge on any atom is -0.0204 e. The summed E-state index contributed by atoms with van der Waals surface area (Å²) in [6, 6.07) is 0. The molecule has 4 fully saturated rings. The van der Waals surface area contributed by atoms with Crippen LogP contribution in [0.5, 0.6) is 0 Å². The second-order valence-electron chi connectivity index (χ2n) is 11.5. The normalized spacial score (nSPS) is 27.7. The van der Waals surface area contributed by atoms with E-state index < -0.39 is 0 Å². The van der Waals surface area contributed by atoms with Crippen LogP contribution in [0, 0.1) is 0 Å². The highest BCUT2D eigenvalue weighted by Crippen LogP contribution is 2.62. The zero-order chi connectivity index (χ0) is 20.6. The van der Waals surface area contributed by atoms with Gasteiger partial charge in [0.1, 0.15) is 0 Å². The van der Waals surface area contributed by atoms with E-state index in [9.17, 15) is 0 Å². The van der Waals surface area contributed by atoms with E-state index in [2.05, 4.69) is 6.92 Å². The highest BCUT2D eigenvalue weighted by atomic mass is 31.1.